The van der Waals surface area contributed by atoms with Crippen LogP contribution in [0, 0.1) is 25.7 Å². The van der Waals surface area contributed by atoms with Gasteiger partial charge < -0.3 is 33.4 Å². The van der Waals surface area contributed by atoms with Crippen molar-refractivity contribution in [1.29, 1.82) is 0 Å². The standard InChI is InChI=1S/C33H49N5O5/c1-21-15-26(39)16-22(2)27(21)18-25(20-30(40)28(36)11-8-14-35)33(43)38-29(12-6-7-13-34)31(41)19-24(32(37)42)17-23-9-4-3-5-10-23/h3-5,9-10,15-16,24-25,28-29,39H,6-8,11-14,17-20,34-36H2,1-2H3,(H2,37,42)(H,38,43)/t24-,25-,28-,29+/m1/s1. The van der Waals surface area contributed by atoms with E-state index in [4.69, 9.17) is 22.9 Å². The van der Waals surface area contributed by atoms with Gasteiger partial charge in [0, 0.05) is 24.7 Å². The van der Waals surface area contributed by atoms with Crippen LogP contribution in [0.25, 0.3) is 0 Å². The first kappa shape index (κ1) is 35.6. The second kappa shape index (κ2) is 18.1. The van der Waals surface area contributed by atoms with Crippen molar-refractivity contribution in [2.45, 2.75) is 83.7 Å². The van der Waals surface area contributed by atoms with Gasteiger partial charge in [0.1, 0.15) is 11.5 Å². The summed E-state index contributed by atoms with van der Waals surface area (Å²) in [5, 5.41) is 12.9. The van der Waals surface area contributed by atoms with Crippen LogP contribution in [-0.2, 0) is 32.0 Å². The van der Waals surface area contributed by atoms with Crippen molar-refractivity contribution < 1.29 is 24.3 Å². The second-order valence-corrected chi connectivity index (χ2v) is 11.5. The van der Waals surface area contributed by atoms with Crippen LogP contribution in [0.2, 0.25) is 0 Å². The van der Waals surface area contributed by atoms with Crippen LogP contribution in [0.5, 0.6) is 5.75 Å². The van der Waals surface area contributed by atoms with Crippen LogP contribution in [0.15, 0.2) is 42.5 Å². The summed E-state index contributed by atoms with van der Waals surface area (Å²) in [6, 6.07) is 10.9. The van der Waals surface area contributed by atoms with Gasteiger partial charge in [-0.15, -0.1) is 0 Å². The van der Waals surface area contributed by atoms with Gasteiger partial charge in [0.05, 0.1) is 12.1 Å². The molecule has 0 fully saturated rings. The molecule has 0 saturated heterocycles. The Morgan fingerprint density at radius 2 is 1.42 bits per heavy atom. The summed E-state index contributed by atoms with van der Waals surface area (Å²) in [5.74, 6) is -3.01. The number of hydrogen-bond acceptors (Lipinski definition) is 8. The number of carbonyl (C=O) groups is 4. The SMILES string of the molecule is Cc1cc(O)cc(C)c1C[C@H](CC(=O)[C@H](N)CCCN)C(=O)N[C@@H](CCCCN)C(=O)C[C@@H](Cc1ccccc1)C(N)=O. The van der Waals surface area contributed by atoms with Gasteiger partial charge >= 0.3 is 0 Å². The third-order valence-electron chi connectivity index (χ3n) is 7.91. The maximum absolute atomic E-state index is 13.8. The average molecular weight is 596 g/mol. The molecule has 0 aliphatic rings. The molecule has 10 heteroatoms. The predicted octanol–water partition coefficient (Wildman–Crippen LogP) is 2.11. The lowest BCUT2D eigenvalue weighted by atomic mass is 9.86. The fourth-order valence-corrected chi connectivity index (χ4v) is 5.34. The number of ketones is 2. The van der Waals surface area contributed by atoms with Crippen molar-refractivity contribution in [3.05, 3.63) is 64.7 Å². The molecule has 0 bridgehead atoms. The molecular weight excluding hydrogens is 546 g/mol. The molecule has 0 aliphatic heterocycles. The largest absolute Gasteiger partial charge is 0.508 e. The van der Waals surface area contributed by atoms with Gasteiger partial charge in [-0.25, -0.2) is 0 Å². The van der Waals surface area contributed by atoms with Gasteiger partial charge in [0.2, 0.25) is 11.8 Å². The molecule has 10 N–H and O–H groups in total. The van der Waals surface area contributed by atoms with Gasteiger partial charge in [-0.3, -0.25) is 19.2 Å². The maximum atomic E-state index is 13.8. The highest BCUT2D eigenvalue weighted by atomic mass is 16.3. The van der Waals surface area contributed by atoms with Crippen molar-refractivity contribution in [2.75, 3.05) is 13.1 Å². The van der Waals surface area contributed by atoms with Gasteiger partial charge in [-0.05, 0) is 106 Å². The highest BCUT2D eigenvalue weighted by Crippen LogP contribution is 2.26. The van der Waals surface area contributed by atoms with E-state index in [-0.39, 0.29) is 36.6 Å². The molecule has 4 atom stereocenters. The van der Waals surface area contributed by atoms with E-state index in [2.05, 4.69) is 5.32 Å². The topological polar surface area (TPSA) is 205 Å². The molecule has 0 unspecified atom stereocenters. The Morgan fingerprint density at radius 1 is 0.814 bits per heavy atom. The summed E-state index contributed by atoms with van der Waals surface area (Å²) < 4.78 is 0. The van der Waals surface area contributed by atoms with E-state index in [9.17, 15) is 24.3 Å². The number of aryl methyl sites for hydroxylation is 2. The molecule has 2 amide bonds. The highest BCUT2D eigenvalue weighted by Gasteiger charge is 2.31. The van der Waals surface area contributed by atoms with Crippen molar-refractivity contribution >= 4 is 23.4 Å². The number of primary amides is 1. The Hall–Kier alpha value is -3.60. The first-order valence-electron chi connectivity index (χ1n) is 15.1. The minimum atomic E-state index is -0.873. The van der Waals surface area contributed by atoms with E-state index in [1.165, 1.54) is 0 Å². The fraction of sp³-hybridized carbons (Fsp3) is 0.515. The molecular formula is C33H49N5O5. The number of phenolic OH excluding ortho intramolecular Hbond substituents is 1. The van der Waals surface area contributed by atoms with Crippen molar-refractivity contribution in [3.63, 3.8) is 0 Å². The minimum absolute atomic E-state index is 0.112. The van der Waals surface area contributed by atoms with Crippen molar-refractivity contribution in [1.82, 2.24) is 5.32 Å². The average Bonchev–Trinajstić information content (AvgIpc) is 2.96. The van der Waals surface area contributed by atoms with E-state index >= 15 is 0 Å². The molecule has 10 nitrogen and oxygen atoms in total. The number of nitrogens with two attached hydrogens (primary N) is 4. The number of rotatable bonds is 20. The van der Waals surface area contributed by atoms with Gasteiger partial charge in [0.15, 0.2) is 5.78 Å². The fourth-order valence-electron chi connectivity index (χ4n) is 5.34. The van der Waals surface area contributed by atoms with Crippen LogP contribution < -0.4 is 28.3 Å². The molecule has 236 valence electrons. The summed E-state index contributed by atoms with van der Waals surface area (Å²) in [6.45, 7) is 4.51. The summed E-state index contributed by atoms with van der Waals surface area (Å²) in [5.41, 5.74) is 26.4. The number of Topliss-reactive ketones (excluding diaryl/α,β-unsaturated/α-hetero) is 2. The highest BCUT2D eigenvalue weighted by molar-refractivity contribution is 5.94. The Balaban J connectivity index is 2.31. The number of unbranched alkanes of at least 4 members (excludes halogenated alkanes) is 1. The molecule has 2 aromatic carbocycles. The van der Waals surface area contributed by atoms with Gasteiger partial charge in [-0.2, -0.15) is 0 Å². The Bertz CT molecular complexity index is 1200. The lowest BCUT2D eigenvalue weighted by Gasteiger charge is -2.25. The Labute approximate surface area is 255 Å². The number of carbonyl (C=O) groups excluding carboxylic acids is 4. The van der Waals surface area contributed by atoms with E-state index in [0.717, 1.165) is 22.3 Å². The summed E-state index contributed by atoms with van der Waals surface area (Å²) in [6.07, 6.45) is 2.89. The van der Waals surface area contributed by atoms with Crippen LogP contribution in [0.4, 0.5) is 0 Å². The lowest BCUT2D eigenvalue weighted by Crippen LogP contribution is -2.46. The van der Waals surface area contributed by atoms with E-state index < -0.39 is 35.7 Å². The van der Waals surface area contributed by atoms with Gasteiger partial charge in [-0.1, -0.05) is 30.3 Å². The van der Waals surface area contributed by atoms with Crippen LogP contribution >= 0.6 is 0 Å². The number of phenols is 1. The summed E-state index contributed by atoms with van der Waals surface area (Å²) in [4.78, 5) is 52.8. The monoisotopic (exact) mass is 595 g/mol. The maximum Gasteiger partial charge on any atom is 0.224 e. The third-order valence-corrected chi connectivity index (χ3v) is 7.91. The number of aromatic hydroxyl groups is 1. The number of benzene rings is 2. The van der Waals surface area contributed by atoms with E-state index in [1.807, 2.05) is 44.2 Å². The van der Waals surface area contributed by atoms with Gasteiger partial charge in [0.25, 0.3) is 0 Å². The molecule has 0 heterocycles. The Kier molecular flexibility index (Phi) is 15.0. The molecule has 43 heavy (non-hydrogen) atoms. The molecule has 0 aromatic heterocycles. The van der Waals surface area contributed by atoms with Crippen LogP contribution in [-0.4, -0.2) is 53.7 Å². The summed E-state index contributed by atoms with van der Waals surface area (Å²) >= 11 is 0. The van der Waals surface area contributed by atoms with Crippen molar-refractivity contribution in [3.8, 4) is 5.75 Å². The normalized spacial score (nSPS) is 14.0. The number of amides is 2. The van der Waals surface area contributed by atoms with Crippen LogP contribution in [0.3, 0.4) is 0 Å². The van der Waals surface area contributed by atoms with Crippen LogP contribution in [0.1, 0.15) is 67.2 Å². The first-order chi connectivity index (χ1) is 20.5. The van der Waals surface area contributed by atoms with E-state index in [1.54, 1.807) is 12.1 Å². The van der Waals surface area contributed by atoms with Crippen molar-refractivity contribution in [2.24, 2.45) is 34.8 Å². The lowest BCUT2D eigenvalue weighted by molar-refractivity contribution is -0.133. The zero-order valence-corrected chi connectivity index (χ0v) is 25.5. The number of nitrogens with one attached hydrogen (secondary N) is 1. The molecule has 0 spiro atoms. The predicted molar refractivity (Wildman–Crippen MR) is 168 cm³/mol. The smallest absolute Gasteiger partial charge is 0.224 e. The zero-order valence-electron chi connectivity index (χ0n) is 25.5. The second-order valence-electron chi connectivity index (χ2n) is 11.5. The summed E-state index contributed by atoms with van der Waals surface area (Å²) in [7, 11) is 0. The first-order valence-corrected chi connectivity index (χ1v) is 15.1. The molecule has 0 saturated carbocycles. The van der Waals surface area contributed by atoms with E-state index in [0.29, 0.717) is 51.6 Å². The molecule has 0 aliphatic carbocycles. The number of hydrogen-bond donors (Lipinski definition) is 6. The third kappa shape index (κ3) is 11.9. The molecule has 2 aromatic rings. The molecule has 2 rings (SSSR count). The zero-order chi connectivity index (χ0) is 31.9. The Morgan fingerprint density at radius 3 is 2.00 bits per heavy atom. The minimum Gasteiger partial charge on any atom is -0.508 e. The quantitative estimate of drug-likeness (QED) is 0.125. The molecule has 0 radical (unpaired) electrons.